The number of nitrogens with zero attached hydrogens (tertiary/aromatic N) is 2. The third-order valence-electron chi connectivity index (χ3n) is 2.36. The molecule has 0 amide bonds. The summed E-state index contributed by atoms with van der Waals surface area (Å²) in [5, 5.41) is 13.1. The molecule has 1 atom stereocenters. The zero-order valence-corrected chi connectivity index (χ0v) is 9.66. The van der Waals surface area contributed by atoms with Gasteiger partial charge in [0.05, 0.1) is 17.7 Å². The Bertz CT molecular complexity index is 471. The molecule has 0 saturated carbocycles. The predicted octanol–water partition coefficient (Wildman–Crippen LogP) is 2.46. The van der Waals surface area contributed by atoms with Crippen molar-refractivity contribution in [2.24, 2.45) is 4.99 Å². The largest absolute Gasteiger partial charge is 0.353 e. The molecule has 0 radical (unpaired) electrons. The molecule has 1 N–H and O–H groups in total. The lowest BCUT2D eigenvalue weighted by Crippen LogP contribution is -2.29. The summed E-state index contributed by atoms with van der Waals surface area (Å²) in [5.74, 6) is 0. The first-order valence-corrected chi connectivity index (χ1v) is 6.11. The Labute approximate surface area is 98.9 Å². The Hall–Kier alpha value is -1.73. The zero-order valence-electron chi connectivity index (χ0n) is 8.84. The van der Waals surface area contributed by atoms with Crippen LogP contribution >= 0.6 is 11.8 Å². The van der Waals surface area contributed by atoms with Crippen molar-refractivity contribution in [3.8, 4) is 6.07 Å². The van der Waals surface area contributed by atoms with Crippen LogP contribution in [0.1, 0.15) is 11.6 Å². The molecule has 1 aliphatic heterocycles. The first-order chi connectivity index (χ1) is 7.85. The summed E-state index contributed by atoms with van der Waals surface area (Å²) in [6.45, 7) is 0. The molecular weight excluding hydrogens is 218 g/mol. The maximum Gasteiger partial charge on any atom is 0.161 e. The summed E-state index contributed by atoms with van der Waals surface area (Å²) in [5.41, 5.74) is 1.72. The molecule has 0 bridgehead atoms. The van der Waals surface area contributed by atoms with Gasteiger partial charge >= 0.3 is 0 Å². The van der Waals surface area contributed by atoms with Crippen molar-refractivity contribution in [3.05, 3.63) is 47.7 Å². The van der Waals surface area contributed by atoms with E-state index in [0.29, 0.717) is 5.57 Å². The van der Waals surface area contributed by atoms with Crippen LogP contribution in [0.15, 0.2) is 47.1 Å². The minimum atomic E-state index is -0.0776. The van der Waals surface area contributed by atoms with Gasteiger partial charge in [-0.05, 0) is 11.8 Å². The zero-order chi connectivity index (χ0) is 11.4. The van der Waals surface area contributed by atoms with E-state index >= 15 is 0 Å². The molecule has 1 heterocycles. The number of hydrogen-bond acceptors (Lipinski definition) is 4. The Balaban J connectivity index is 2.33. The minimum absolute atomic E-state index is 0.0776. The summed E-state index contributed by atoms with van der Waals surface area (Å²) in [7, 11) is 0. The number of thioether (sulfide) groups is 1. The summed E-state index contributed by atoms with van der Waals surface area (Å²) >= 11 is 1.54. The lowest BCUT2D eigenvalue weighted by molar-refractivity contribution is 0.757. The highest BCUT2D eigenvalue weighted by molar-refractivity contribution is 8.13. The third kappa shape index (κ3) is 2.10. The highest BCUT2D eigenvalue weighted by atomic mass is 32.2. The van der Waals surface area contributed by atoms with E-state index in [-0.39, 0.29) is 6.04 Å². The van der Waals surface area contributed by atoms with Crippen molar-refractivity contribution in [2.75, 3.05) is 6.26 Å². The van der Waals surface area contributed by atoms with Gasteiger partial charge in [0.15, 0.2) is 5.17 Å². The Morgan fingerprint density at radius 3 is 2.75 bits per heavy atom. The van der Waals surface area contributed by atoms with E-state index < -0.39 is 0 Å². The second-order valence-corrected chi connectivity index (χ2v) is 4.12. The van der Waals surface area contributed by atoms with Crippen LogP contribution in [-0.2, 0) is 0 Å². The normalized spacial score (nSPS) is 19.1. The number of aliphatic imine (C=N–C) groups is 1. The van der Waals surface area contributed by atoms with E-state index in [0.717, 1.165) is 10.7 Å². The second-order valence-electron chi connectivity index (χ2n) is 3.32. The molecule has 0 saturated heterocycles. The first-order valence-electron chi connectivity index (χ1n) is 4.88. The molecule has 0 fully saturated rings. The molecule has 1 aromatic carbocycles. The summed E-state index contributed by atoms with van der Waals surface area (Å²) in [6, 6.07) is 12.0. The Morgan fingerprint density at radius 1 is 1.38 bits per heavy atom. The number of amidine groups is 1. The molecule has 1 aliphatic rings. The van der Waals surface area contributed by atoms with Gasteiger partial charge in [0.25, 0.3) is 0 Å². The first kappa shape index (κ1) is 10.8. The van der Waals surface area contributed by atoms with Crippen LogP contribution in [0.25, 0.3) is 0 Å². The second kappa shape index (κ2) is 4.86. The quantitative estimate of drug-likeness (QED) is 0.804. The fourth-order valence-corrected chi connectivity index (χ4v) is 1.95. The molecule has 80 valence electrons. The van der Waals surface area contributed by atoms with Gasteiger partial charge in [0.1, 0.15) is 0 Å². The van der Waals surface area contributed by atoms with Crippen molar-refractivity contribution in [1.82, 2.24) is 5.32 Å². The topological polar surface area (TPSA) is 48.2 Å². The Kier molecular flexibility index (Phi) is 3.28. The van der Waals surface area contributed by atoms with Crippen molar-refractivity contribution in [3.63, 3.8) is 0 Å². The summed E-state index contributed by atoms with van der Waals surface area (Å²) in [6.07, 6.45) is 3.60. The molecule has 4 heteroatoms. The Morgan fingerprint density at radius 2 is 2.12 bits per heavy atom. The van der Waals surface area contributed by atoms with Crippen LogP contribution in [0, 0.1) is 11.3 Å². The minimum Gasteiger partial charge on any atom is -0.353 e. The van der Waals surface area contributed by atoms with E-state index in [2.05, 4.69) is 16.4 Å². The molecule has 0 aromatic heterocycles. The summed E-state index contributed by atoms with van der Waals surface area (Å²) < 4.78 is 0. The van der Waals surface area contributed by atoms with Gasteiger partial charge in [-0.25, -0.2) is 4.99 Å². The van der Waals surface area contributed by atoms with Gasteiger partial charge < -0.3 is 5.32 Å². The third-order valence-corrected chi connectivity index (χ3v) is 2.97. The van der Waals surface area contributed by atoms with Gasteiger partial charge in [0, 0.05) is 6.20 Å². The van der Waals surface area contributed by atoms with Crippen LogP contribution < -0.4 is 5.32 Å². The van der Waals surface area contributed by atoms with Crippen LogP contribution in [-0.4, -0.2) is 11.4 Å². The van der Waals surface area contributed by atoms with Gasteiger partial charge in [-0.3, -0.25) is 0 Å². The van der Waals surface area contributed by atoms with Crippen LogP contribution in [0.2, 0.25) is 0 Å². The van der Waals surface area contributed by atoms with E-state index in [9.17, 15) is 0 Å². The standard InChI is InChI=1S/C12H11N3S/c1-16-12-14-8-10(7-13)11(15-12)9-5-3-2-4-6-9/h2-6,8,11H,1H3,(H,14,15). The molecule has 0 aliphatic carbocycles. The van der Waals surface area contributed by atoms with Gasteiger partial charge in [-0.1, -0.05) is 42.1 Å². The van der Waals surface area contributed by atoms with E-state index in [1.54, 1.807) is 18.0 Å². The lowest BCUT2D eigenvalue weighted by Gasteiger charge is -2.22. The SMILES string of the molecule is CSC1=NC=C(C#N)C(c2ccccc2)N1. The number of benzene rings is 1. The van der Waals surface area contributed by atoms with Crippen LogP contribution in [0.3, 0.4) is 0 Å². The van der Waals surface area contributed by atoms with Crippen molar-refractivity contribution in [2.45, 2.75) is 6.04 Å². The monoisotopic (exact) mass is 229 g/mol. The molecular formula is C12H11N3S. The molecule has 2 rings (SSSR count). The maximum atomic E-state index is 9.05. The van der Waals surface area contributed by atoms with Gasteiger partial charge in [-0.2, -0.15) is 5.26 Å². The fraction of sp³-hybridized carbons (Fsp3) is 0.167. The molecule has 0 spiro atoms. The van der Waals surface area contributed by atoms with Gasteiger partial charge in [0.2, 0.25) is 0 Å². The van der Waals surface area contributed by atoms with E-state index in [4.69, 9.17) is 5.26 Å². The van der Waals surface area contributed by atoms with E-state index in [1.165, 1.54) is 0 Å². The smallest absolute Gasteiger partial charge is 0.161 e. The number of nitriles is 1. The highest BCUT2D eigenvalue weighted by Crippen LogP contribution is 2.24. The average Bonchev–Trinajstić information content (AvgIpc) is 2.39. The number of nitrogens with one attached hydrogen (secondary N) is 1. The highest BCUT2D eigenvalue weighted by Gasteiger charge is 2.20. The average molecular weight is 229 g/mol. The predicted molar refractivity (Wildman–Crippen MR) is 67.0 cm³/mol. The van der Waals surface area contributed by atoms with Crippen molar-refractivity contribution >= 4 is 16.9 Å². The van der Waals surface area contributed by atoms with Crippen LogP contribution in [0.5, 0.6) is 0 Å². The molecule has 16 heavy (non-hydrogen) atoms. The number of hydrogen-bond donors (Lipinski definition) is 1. The maximum absolute atomic E-state index is 9.05. The van der Waals surface area contributed by atoms with Crippen molar-refractivity contribution < 1.29 is 0 Å². The summed E-state index contributed by atoms with van der Waals surface area (Å²) in [4.78, 5) is 4.16. The lowest BCUT2D eigenvalue weighted by atomic mass is 10.00. The molecule has 3 nitrogen and oxygen atoms in total. The van der Waals surface area contributed by atoms with E-state index in [1.807, 2.05) is 36.6 Å². The fourth-order valence-electron chi connectivity index (χ4n) is 1.55. The van der Waals surface area contributed by atoms with Crippen LogP contribution in [0.4, 0.5) is 0 Å². The van der Waals surface area contributed by atoms with Gasteiger partial charge in [-0.15, -0.1) is 0 Å². The van der Waals surface area contributed by atoms with Crippen molar-refractivity contribution in [1.29, 1.82) is 5.26 Å². The number of rotatable bonds is 1. The molecule has 1 aromatic rings. The molecule has 1 unspecified atom stereocenters.